The van der Waals surface area contributed by atoms with E-state index in [1.54, 1.807) is 42.5 Å². The van der Waals surface area contributed by atoms with E-state index in [9.17, 15) is 14.4 Å². The molecule has 190 valence electrons. The number of halogens is 1. The zero-order valence-corrected chi connectivity index (χ0v) is 21.4. The number of carbonyl (C=O) groups excluding carboxylic acids is 3. The maximum absolute atomic E-state index is 12.8. The van der Waals surface area contributed by atoms with Gasteiger partial charge in [-0.3, -0.25) is 19.3 Å². The minimum atomic E-state index is -0.541. The van der Waals surface area contributed by atoms with Crippen LogP contribution >= 0.6 is 23.4 Å². The molecule has 1 N–H and O–H groups in total. The van der Waals surface area contributed by atoms with Gasteiger partial charge in [0.15, 0.2) is 0 Å². The van der Waals surface area contributed by atoms with Gasteiger partial charge in [-0.25, -0.2) is 0 Å². The van der Waals surface area contributed by atoms with Crippen molar-refractivity contribution >= 4 is 52.2 Å². The van der Waals surface area contributed by atoms with Crippen LogP contribution in [-0.4, -0.2) is 48.8 Å². The Balaban J connectivity index is 1.33. The Morgan fingerprint density at radius 1 is 0.973 bits per heavy atom. The van der Waals surface area contributed by atoms with Crippen molar-refractivity contribution in [2.75, 3.05) is 32.2 Å². The van der Waals surface area contributed by atoms with E-state index in [1.807, 2.05) is 30.3 Å². The van der Waals surface area contributed by atoms with Crippen LogP contribution < -0.4 is 19.5 Å². The van der Waals surface area contributed by atoms with Crippen LogP contribution in [0.15, 0.2) is 77.7 Å². The topological polar surface area (TPSA) is 94.2 Å². The second-order valence-corrected chi connectivity index (χ2v) is 9.15. The van der Waals surface area contributed by atoms with Crippen LogP contribution in [-0.2, 0) is 9.59 Å². The Morgan fingerprint density at radius 2 is 1.70 bits per heavy atom. The number of amides is 3. The first kappa shape index (κ1) is 26.1. The van der Waals surface area contributed by atoms with Crippen LogP contribution in [0.2, 0.25) is 5.02 Å². The molecule has 37 heavy (non-hydrogen) atoms. The number of hydrogen-bond donors (Lipinski definition) is 1. The molecule has 0 unspecified atom stereocenters. The van der Waals surface area contributed by atoms with Crippen molar-refractivity contribution in [3.8, 4) is 17.2 Å². The molecule has 10 heteroatoms. The third-order valence-corrected chi connectivity index (χ3v) is 6.33. The zero-order chi connectivity index (χ0) is 26.2. The number of thioether (sulfide) groups is 1. The van der Waals surface area contributed by atoms with Crippen molar-refractivity contribution in [1.29, 1.82) is 0 Å². The summed E-state index contributed by atoms with van der Waals surface area (Å²) in [6.07, 6.45) is 1.60. The van der Waals surface area contributed by atoms with E-state index in [4.69, 9.17) is 25.8 Å². The number of para-hydroxylation sites is 1. The molecule has 1 fully saturated rings. The molecule has 1 heterocycles. The van der Waals surface area contributed by atoms with Gasteiger partial charge in [-0.1, -0.05) is 41.9 Å². The lowest BCUT2D eigenvalue weighted by Crippen LogP contribution is -2.36. The molecule has 3 amide bonds. The zero-order valence-electron chi connectivity index (χ0n) is 19.8. The first-order chi connectivity index (χ1) is 17.9. The highest BCUT2D eigenvalue weighted by atomic mass is 35.5. The second-order valence-electron chi connectivity index (χ2n) is 7.75. The molecule has 0 saturated carbocycles. The summed E-state index contributed by atoms with van der Waals surface area (Å²) < 4.78 is 16.4. The van der Waals surface area contributed by atoms with Gasteiger partial charge in [0.25, 0.3) is 11.1 Å². The molecule has 0 atom stereocenters. The molecule has 1 saturated heterocycles. The Hall–Kier alpha value is -3.95. The van der Waals surface area contributed by atoms with E-state index in [1.165, 1.54) is 13.2 Å². The predicted octanol–water partition coefficient (Wildman–Crippen LogP) is 5.48. The standard InChI is InChI=1S/C27H23ClN2O6S/c1-34-23-11-10-19(16-22(23)28)29-25(31)17-30-26(32)24(37-27(30)33)15-18-6-5-9-21(14-18)36-13-12-35-20-7-3-2-4-8-20/h2-11,14-16H,12-13,17H2,1H3,(H,29,31)/b24-15+. The predicted molar refractivity (Wildman–Crippen MR) is 143 cm³/mol. The maximum Gasteiger partial charge on any atom is 0.294 e. The average Bonchev–Trinajstić information content (AvgIpc) is 3.15. The number of benzene rings is 3. The number of carbonyl (C=O) groups is 3. The molecule has 3 aromatic carbocycles. The van der Waals surface area contributed by atoms with Crippen molar-refractivity contribution in [2.45, 2.75) is 0 Å². The van der Waals surface area contributed by atoms with E-state index < -0.39 is 23.6 Å². The van der Waals surface area contributed by atoms with Crippen molar-refractivity contribution in [1.82, 2.24) is 4.90 Å². The molecule has 1 aliphatic rings. The Morgan fingerprint density at radius 3 is 2.43 bits per heavy atom. The van der Waals surface area contributed by atoms with Crippen molar-refractivity contribution in [3.63, 3.8) is 0 Å². The fourth-order valence-electron chi connectivity index (χ4n) is 3.41. The van der Waals surface area contributed by atoms with Crippen molar-refractivity contribution < 1.29 is 28.6 Å². The number of anilines is 1. The second kappa shape index (κ2) is 12.3. The molecular formula is C27H23ClN2O6S. The molecular weight excluding hydrogens is 516 g/mol. The molecule has 4 rings (SSSR count). The van der Waals surface area contributed by atoms with Gasteiger partial charge in [0.1, 0.15) is 37.0 Å². The smallest absolute Gasteiger partial charge is 0.294 e. The number of hydrogen-bond acceptors (Lipinski definition) is 7. The lowest BCUT2D eigenvalue weighted by atomic mass is 10.2. The maximum atomic E-state index is 12.8. The van der Waals surface area contributed by atoms with Crippen molar-refractivity contribution in [3.05, 3.63) is 88.3 Å². The summed E-state index contributed by atoms with van der Waals surface area (Å²) in [5.41, 5.74) is 1.11. The number of nitrogens with zero attached hydrogens (tertiary/aromatic N) is 1. The van der Waals surface area contributed by atoms with Crippen LogP contribution in [0.1, 0.15) is 5.56 Å². The highest BCUT2D eigenvalue weighted by molar-refractivity contribution is 8.18. The van der Waals surface area contributed by atoms with E-state index in [0.29, 0.717) is 41.0 Å². The molecule has 0 spiro atoms. The van der Waals surface area contributed by atoms with Crippen LogP contribution in [0.3, 0.4) is 0 Å². The molecule has 0 aromatic heterocycles. The van der Waals surface area contributed by atoms with Gasteiger partial charge in [-0.2, -0.15) is 0 Å². The van der Waals surface area contributed by atoms with Crippen LogP contribution in [0.25, 0.3) is 6.08 Å². The minimum Gasteiger partial charge on any atom is -0.495 e. The third kappa shape index (κ3) is 7.05. The van der Waals surface area contributed by atoms with E-state index in [0.717, 1.165) is 22.4 Å². The SMILES string of the molecule is COc1ccc(NC(=O)CN2C(=O)S/C(=C/c3cccc(OCCOc4ccccc4)c3)C2=O)cc1Cl. The van der Waals surface area contributed by atoms with Gasteiger partial charge >= 0.3 is 0 Å². The number of rotatable bonds is 10. The van der Waals surface area contributed by atoms with E-state index in [2.05, 4.69) is 5.32 Å². The van der Waals surface area contributed by atoms with Gasteiger partial charge in [-0.15, -0.1) is 0 Å². The minimum absolute atomic E-state index is 0.217. The van der Waals surface area contributed by atoms with Crippen LogP contribution in [0.5, 0.6) is 17.2 Å². The Kier molecular flexibility index (Phi) is 8.71. The number of imide groups is 1. The number of ether oxygens (including phenoxy) is 3. The van der Waals surface area contributed by atoms with Crippen molar-refractivity contribution in [2.24, 2.45) is 0 Å². The monoisotopic (exact) mass is 538 g/mol. The van der Waals surface area contributed by atoms with Crippen LogP contribution in [0.4, 0.5) is 10.5 Å². The summed E-state index contributed by atoms with van der Waals surface area (Å²) in [5, 5.41) is 2.43. The van der Waals surface area contributed by atoms with Gasteiger partial charge in [0.05, 0.1) is 17.0 Å². The fraction of sp³-hybridized carbons (Fsp3) is 0.148. The lowest BCUT2D eigenvalue weighted by Gasteiger charge is -2.13. The first-order valence-electron chi connectivity index (χ1n) is 11.2. The molecule has 8 nitrogen and oxygen atoms in total. The lowest BCUT2D eigenvalue weighted by molar-refractivity contribution is -0.127. The Bertz CT molecular complexity index is 1330. The highest BCUT2D eigenvalue weighted by Crippen LogP contribution is 2.33. The Labute approximate surface area is 223 Å². The summed E-state index contributed by atoms with van der Waals surface area (Å²) in [5.74, 6) is 0.753. The molecule has 0 radical (unpaired) electrons. The largest absolute Gasteiger partial charge is 0.495 e. The third-order valence-electron chi connectivity index (χ3n) is 5.13. The molecule has 1 aliphatic heterocycles. The quantitative estimate of drug-likeness (QED) is 0.270. The van der Waals surface area contributed by atoms with Gasteiger partial charge in [0.2, 0.25) is 5.91 Å². The highest BCUT2D eigenvalue weighted by Gasteiger charge is 2.36. The molecule has 0 aliphatic carbocycles. The summed E-state index contributed by atoms with van der Waals surface area (Å²) in [6, 6.07) is 21.3. The summed E-state index contributed by atoms with van der Waals surface area (Å²) in [6.45, 7) is 0.289. The molecule has 0 bridgehead atoms. The number of methoxy groups -OCH3 is 1. The van der Waals surface area contributed by atoms with Gasteiger partial charge in [-0.05, 0) is 65.9 Å². The van der Waals surface area contributed by atoms with E-state index in [-0.39, 0.29) is 4.91 Å². The average molecular weight is 539 g/mol. The first-order valence-corrected chi connectivity index (χ1v) is 12.4. The summed E-state index contributed by atoms with van der Waals surface area (Å²) in [4.78, 5) is 38.8. The van der Waals surface area contributed by atoms with E-state index >= 15 is 0 Å². The van der Waals surface area contributed by atoms with Gasteiger partial charge in [0, 0.05) is 5.69 Å². The summed E-state index contributed by atoms with van der Waals surface area (Å²) in [7, 11) is 1.48. The molecule has 3 aromatic rings. The van der Waals surface area contributed by atoms with Crippen LogP contribution in [0, 0.1) is 0 Å². The normalized spacial score (nSPS) is 14.1. The van der Waals surface area contributed by atoms with Gasteiger partial charge < -0.3 is 19.5 Å². The number of nitrogens with one attached hydrogen (secondary N) is 1. The summed E-state index contributed by atoms with van der Waals surface area (Å²) >= 11 is 6.85. The fourth-order valence-corrected chi connectivity index (χ4v) is 4.50.